The number of rotatable bonds is 6. The topological polar surface area (TPSA) is 84.9 Å². The fourth-order valence-corrected chi connectivity index (χ4v) is 4.42. The van der Waals surface area contributed by atoms with Gasteiger partial charge in [-0.2, -0.15) is 0 Å². The fourth-order valence-electron chi connectivity index (χ4n) is 3.25. The number of anilines is 1. The molecule has 7 nitrogen and oxygen atoms in total. The average Bonchev–Trinajstić information content (AvgIpc) is 2.67. The number of hydrogen-bond acceptors (Lipinski definition) is 5. The monoisotopic (exact) mass is 418 g/mol. The summed E-state index contributed by atoms with van der Waals surface area (Å²) in [6.07, 6.45) is 1.08. The number of aryl methyl sites for hydroxylation is 1. The molecular formula is C21H26N2O5S. The van der Waals surface area contributed by atoms with Crippen molar-refractivity contribution in [2.75, 3.05) is 23.8 Å². The minimum Gasteiger partial charge on any atom is -0.486 e. The molecule has 0 spiro atoms. The van der Waals surface area contributed by atoms with Gasteiger partial charge in [0.2, 0.25) is 15.9 Å². The fraction of sp³-hybridized carbons (Fsp3) is 0.381. The first-order chi connectivity index (χ1) is 13.7. The molecule has 1 aliphatic heterocycles. The maximum absolute atomic E-state index is 12.9. The molecule has 0 radical (unpaired) electrons. The first kappa shape index (κ1) is 21.0. The Hall–Kier alpha value is -2.74. The summed E-state index contributed by atoms with van der Waals surface area (Å²) in [7, 11) is -3.72. The lowest BCUT2D eigenvalue weighted by molar-refractivity contribution is -0.122. The van der Waals surface area contributed by atoms with Gasteiger partial charge in [0.25, 0.3) is 0 Å². The van der Waals surface area contributed by atoms with Gasteiger partial charge in [-0.1, -0.05) is 29.8 Å². The largest absolute Gasteiger partial charge is 0.486 e. The van der Waals surface area contributed by atoms with Gasteiger partial charge in [-0.25, -0.2) is 8.42 Å². The van der Waals surface area contributed by atoms with Crippen molar-refractivity contribution in [3.63, 3.8) is 0 Å². The zero-order chi connectivity index (χ0) is 21.2. The van der Waals surface area contributed by atoms with E-state index in [2.05, 4.69) is 5.32 Å². The van der Waals surface area contributed by atoms with Crippen molar-refractivity contribution in [3.8, 4) is 11.5 Å². The zero-order valence-corrected chi connectivity index (χ0v) is 17.8. The molecule has 0 bridgehead atoms. The molecule has 0 aliphatic carbocycles. The van der Waals surface area contributed by atoms with Gasteiger partial charge < -0.3 is 14.8 Å². The number of benzene rings is 2. The zero-order valence-electron chi connectivity index (χ0n) is 17.0. The Morgan fingerprint density at radius 1 is 1.03 bits per heavy atom. The smallest absolute Gasteiger partial charge is 0.244 e. The molecule has 2 aromatic carbocycles. The Kier molecular flexibility index (Phi) is 6.02. The molecular weight excluding hydrogens is 392 g/mol. The minimum absolute atomic E-state index is 0.257. The molecule has 3 rings (SSSR count). The van der Waals surface area contributed by atoms with Crippen molar-refractivity contribution in [1.29, 1.82) is 0 Å². The van der Waals surface area contributed by atoms with E-state index in [4.69, 9.17) is 9.47 Å². The number of ether oxygens (including phenoxy) is 2. The van der Waals surface area contributed by atoms with Gasteiger partial charge in [-0.05, 0) is 38.5 Å². The van der Waals surface area contributed by atoms with Crippen LogP contribution in [0.4, 0.5) is 5.69 Å². The van der Waals surface area contributed by atoms with Crippen molar-refractivity contribution >= 4 is 21.6 Å². The molecule has 29 heavy (non-hydrogen) atoms. The van der Waals surface area contributed by atoms with Crippen LogP contribution in [-0.2, 0) is 14.8 Å². The number of carbonyl (C=O) groups excluding carboxylic acids is 1. The number of sulfonamides is 1. The van der Waals surface area contributed by atoms with Crippen LogP contribution < -0.4 is 19.1 Å². The summed E-state index contributed by atoms with van der Waals surface area (Å²) in [6, 6.07) is 11.5. The molecule has 0 unspecified atom stereocenters. The summed E-state index contributed by atoms with van der Waals surface area (Å²) >= 11 is 0. The predicted molar refractivity (Wildman–Crippen MR) is 112 cm³/mol. The van der Waals surface area contributed by atoms with E-state index < -0.39 is 22.0 Å². The highest BCUT2D eigenvalue weighted by molar-refractivity contribution is 7.92. The first-order valence-corrected chi connectivity index (χ1v) is 11.3. The summed E-state index contributed by atoms with van der Waals surface area (Å²) in [4.78, 5) is 12.9. The molecule has 8 heteroatoms. The Bertz CT molecular complexity index is 989. The average molecular weight is 419 g/mol. The van der Waals surface area contributed by atoms with Crippen LogP contribution >= 0.6 is 0 Å². The van der Waals surface area contributed by atoms with Crippen LogP contribution in [-0.4, -0.2) is 39.8 Å². The van der Waals surface area contributed by atoms with Gasteiger partial charge in [-0.3, -0.25) is 9.10 Å². The Balaban J connectivity index is 1.83. The van der Waals surface area contributed by atoms with Crippen molar-refractivity contribution in [3.05, 3.63) is 53.6 Å². The third-order valence-corrected chi connectivity index (χ3v) is 6.05. The lowest BCUT2D eigenvalue weighted by atomic mass is 10.1. The standard InChI is InChI=1S/C21H26N2O5S/c1-14-5-7-17(8-6-14)15(2)22-21(24)16(3)23(29(4,25)26)18-9-10-19-20(13-18)28-12-11-27-19/h5-10,13,15-16H,11-12H2,1-4H3,(H,22,24)/t15-,16-/m1/s1. The molecule has 0 aromatic heterocycles. The van der Waals surface area contributed by atoms with Crippen LogP contribution in [0.15, 0.2) is 42.5 Å². The minimum atomic E-state index is -3.72. The molecule has 2 atom stereocenters. The number of hydrogen-bond donors (Lipinski definition) is 1. The first-order valence-electron chi connectivity index (χ1n) is 9.43. The summed E-state index contributed by atoms with van der Waals surface area (Å²) in [5.74, 6) is 0.625. The molecule has 1 aliphatic rings. The normalized spacial score (nSPS) is 15.3. The van der Waals surface area contributed by atoms with Crippen LogP contribution in [0.1, 0.15) is 31.0 Å². The lowest BCUT2D eigenvalue weighted by Gasteiger charge is -2.30. The third-order valence-electron chi connectivity index (χ3n) is 4.80. The molecule has 1 heterocycles. The van der Waals surface area contributed by atoms with Gasteiger partial charge in [0.05, 0.1) is 18.0 Å². The number of carbonyl (C=O) groups is 1. The Labute approximate surface area is 171 Å². The Morgan fingerprint density at radius 3 is 2.28 bits per heavy atom. The molecule has 1 N–H and O–H groups in total. The van der Waals surface area contributed by atoms with E-state index in [9.17, 15) is 13.2 Å². The summed E-state index contributed by atoms with van der Waals surface area (Å²) in [5, 5.41) is 2.90. The predicted octanol–water partition coefficient (Wildman–Crippen LogP) is 2.80. The van der Waals surface area contributed by atoms with Crippen LogP contribution in [0, 0.1) is 6.92 Å². The van der Waals surface area contributed by atoms with Crippen molar-refractivity contribution < 1.29 is 22.7 Å². The molecule has 0 fully saturated rings. The maximum Gasteiger partial charge on any atom is 0.244 e. The van der Waals surface area contributed by atoms with Crippen molar-refractivity contribution in [2.45, 2.75) is 32.9 Å². The van der Waals surface area contributed by atoms with E-state index in [1.54, 1.807) is 25.1 Å². The van der Waals surface area contributed by atoms with Gasteiger partial charge in [0.15, 0.2) is 11.5 Å². The van der Waals surface area contributed by atoms with E-state index in [-0.39, 0.29) is 6.04 Å². The van der Waals surface area contributed by atoms with Crippen molar-refractivity contribution in [1.82, 2.24) is 5.32 Å². The van der Waals surface area contributed by atoms with E-state index in [0.29, 0.717) is 30.4 Å². The quantitative estimate of drug-likeness (QED) is 0.780. The van der Waals surface area contributed by atoms with Crippen molar-refractivity contribution in [2.24, 2.45) is 0 Å². The highest BCUT2D eigenvalue weighted by Gasteiger charge is 2.31. The molecule has 156 valence electrons. The van der Waals surface area contributed by atoms with Crippen LogP contribution in [0.3, 0.4) is 0 Å². The highest BCUT2D eigenvalue weighted by atomic mass is 32.2. The Morgan fingerprint density at radius 2 is 1.66 bits per heavy atom. The van der Waals surface area contributed by atoms with Gasteiger partial charge in [0, 0.05) is 6.07 Å². The number of nitrogens with one attached hydrogen (secondary N) is 1. The second-order valence-corrected chi connectivity index (χ2v) is 9.06. The van der Waals surface area contributed by atoms with E-state index in [1.165, 1.54) is 0 Å². The molecule has 0 saturated carbocycles. The molecule has 2 aromatic rings. The third kappa shape index (κ3) is 4.82. The van der Waals surface area contributed by atoms with Gasteiger partial charge in [-0.15, -0.1) is 0 Å². The number of fused-ring (bicyclic) bond motifs is 1. The molecule has 0 saturated heterocycles. The second-order valence-electron chi connectivity index (χ2n) is 7.20. The van der Waals surface area contributed by atoms with E-state index in [1.807, 2.05) is 38.1 Å². The van der Waals surface area contributed by atoms with E-state index in [0.717, 1.165) is 21.7 Å². The van der Waals surface area contributed by atoms with E-state index >= 15 is 0 Å². The maximum atomic E-state index is 12.9. The molecule has 1 amide bonds. The number of nitrogens with zero attached hydrogens (tertiary/aromatic N) is 1. The summed E-state index contributed by atoms with van der Waals surface area (Å²) in [5.41, 5.74) is 2.42. The van der Waals surface area contributed by atoms with Gasteiger partial charge >= 0.3 is 0 Å². The summed E-state index contributed by atoms with van der Waals surface area (Å²) in [6.45, 7) is 6.25. The number of amides is 1. The van der Waals surface area contributed by atoms with Crippen LogP contribution in [0.25, 0.3) is 0 Å². The lowest BCUT2D eigenvalue weighted by Crippen LogP contribution is -2.48. The summed E-state index contributed by atoms with van der Waals surface area (Å²) < 4.78 is 37.2. The van der Waals surface area contributed by atoms with Crippen LogP contribution in [0.5, 0.6) is 11.5 Å². The SMILES string of the molecule is Cc1ccc([C@@H](C)NC(=O)[C@@H](C)N(c2ccc3c(c2)OCCO3)S(C)(=O)=O)cc1. The van der Waals surface area contributed by atoms with Crippen LogP contribution in [0.2, 0.25) is 0 Å². The van der Waals surface area contributed by atoms with Gasteiger partial charge in [0.1, 0.15) is 19.3 Å². The highest BCUT2D eigenvalue weighted by Crippen LogP contribution is 2.35. The second kappa shape index (κ2) is 8.32.